The van der Waals surface area contributed by atoms with Crippen molar-refractivity contribution < 1.29 is 9.63 Å². The van der Waals surface area contributed by atoms with E-state index in [0.29, 0.717) is 5.56 Å². The van der Waals surface area contributed by atoms with Gasteiger partial charge in [0.05, 0.1) is 7.11 Å². The van der Waals surface area contributed by atoms with Gasteiger partial charge in [-0.2, -0.15) is 0 Å². The summed E-state index contributed by atoms with van der Waals surface area (Å²) in [5.74, 6) is -0.158. The van der Waals surface area contributed by atoms with Gasteiger partial charge in [-0.3, -0.25) is 9.63 Å². The first-order valence-corrected chi connectivity index (χ1v) is 6.79. The van der Waals surface area contributed by atoms with E-state index in [-0.39, 0.29) is 5.91 Å². The summed E-state index contributed by atoms with van der Waals surface area (Å²) in [7, 11) is 5.10. The summed E-state index contributed by atoms with van der Waals surface area (Å²) in [5.41, 5.74) is 2.92. The molecule has 0 unspecified atom stereocenters. The highest BCUT2D eigenvalue weighted by Gasteiger charge is 2.11. The highest BCUT2D eigenvalue weighted by molar-refractivity contribution is 5.93. The van der Waals surface area contributed by atoms with E-state index in [1.165, 1.54) is 17.7 Å². The largest absolute Gasteiger partial charge is 0.370 e. The van der Waals surface area contributed by atoms with Crippen LogP contribution in [0.1, 0.15) is 15.9 Å². The second-order valence-corrected chi connectivity index (χ2v) is 4.87. The summed E-state index contributed by atoms with van der Waals surface area (Å²) in [4.78, 5) is 19.0. The van der Waals surface area contributed by atoms with E-state index in [2.05, 4.69) is 17.0 Å². The number of anilines is 1. The summed E-state index contributed by atoms with van der Waals surface area (Å²) in [5, 5.41) is 1.21. The van der Waals surface area contributed by atoms with Crippen molar-refractivity contribution in [2.45, 2.75) is 6.54 Å². The summed E-state index contributed by atoms with van der Waals surface area (Å²) in [6, 6.07) is 17.8. The molecule has 0 saturated heterocycles. The summed E-state index contributed by atoms with van der Waals surface area (Å²) < 4.78 is 0. The van der Waals surface area contributed by atoms with Crippen LogP contribution in [0.25, 0.3) is 0 Å². The molecule has 0 fully saturated rings. The van der Waals surface area contributed by atoms with Crippen LogP contribution in [0, 0.1) is 0 Å². The predicted molar refractivity (Wildman–Crippen MR) is 84.1 cm³/mol. The van der Waals surface area contributed by atoms with Crippen LogP contribution in [0.3, 0.4) is 0 Å². The van der Waals surface area contributed by atoms with E-state index in [1.807, 2.05) is 49.5 Å². The number of benzene rings is 2. The molecule has 2 aromatic rings. The molecule has 110 valence electrons. The van der Waals surface area contributed by atoms with Gasteiger partial charge in [0, 0.05) is 31.9 Å². The van der Waals surface area contributed by atoms with Crippen LogP contribution in [0.15, 0.2) is 54.6 Å². The minimum atomic E-state index is -0.158. The molecule has 0 bridgehead atoms. The van der Waals surface area contributed by atoms with Gasteiger partial charge < -0.3 is 4.90 Å². The molecular weight excluding hydrogens is 264 g/mol. The predicted octanol–water partition coefficient (Wildman–Crippen LogP) is 2.96. The Morgan fingerprint density at radius 2 is 1.62 bits per heavy atom. The minimum Gasteiger partial charge on any atom is -0.370 e. The second-order valence-electron chi connectivity index (χ2n) is 4.87. The number of nitrogens with zero attached hydrogens (tertiary/aromatic N) is 2. The van der Waals surface area contributed by atoms with Crippen molar-refractivity contribution in [3.05, 3.63) is 65.7 Å². The Morgan fingerprint density at radius 3 is 2.19 bits per heavy atom. The van der Waals surface area contributed by atoms with Gasteiger partial charge in [-0.1, -0.05) is 30.3 Å². The topological polar surface area (TPSA) is 32.8 Å². The number of hydroxylamine groups is 2. The zero-order valence-corrected chi connectivity index (χ0v) is 12.6. The SMILES string of the molecule is CON(C)C(=O)c1ccc(N(C)Cc2ccccc2)cc1. The molecule has 2 aromatic carbocycles. The summed E-state index contributed by atoms with van der Waals surface area (Å²) in [6.45, 7) is 0.826. The fourth-order valence-corrected chi connectivity index (χ4v) is 2.07. The fraction of sp³-hybridized carbons (Fsp3) is 0.235. The van der Waals surface area contributed by atoms with Gasteiger partial charge in [0.1, 0.15) is 0 Å². The molecule has 0 aliphatic carbocycles. The van der Waals surface area contributed by atoms with Crippen molar-refractivity contribution in [2.75, 3.05) is 26.1 Å². The van der Waals surface area contributed by atoms with Crippen LogP contribution < -0.4 is 4.90 Å². The number of carbonyl (C=O) groups excluding carboxylic acids is 1. The van der Waals surface area contributed by atoms with E-state index in [9.17, 15) is 4.79 Å². The maximum absolute atomic E-state index is 11.9. The molecule has 0 spiro atoms. The van der Waals surface area contributed by atoms with Crippen molar-refractivity contribution in [3.63, 3.8) is 0 Å². The van der Waals surface area contributed by atoms with Gasteiger partial charge in [-0.15, -0.1) is 0 Å². The van der Waals surface area contributed by atoms with Gasteiger partial charge in [-0.05, 0) is 29.8 Å². The lowest BCUT2D eigenvalue weighted by Gasteiger charge is -2.20. The highest BCUT2D eigenvalue weighted by Crippen LogP contribution is 2.17. The van der Waals surface area contributed by atoms with Crippen molar-refractivity contribution >= 4 is 11.6 Å². The lowest BCUT2D eigenvalue weighted by molar-refractivity contribution is -0.0756. The van der Waals surface area contributed by atoms with Crippen LogP contribution in [0.4, 0.5) is 5.69 Å². The van der Waals surface area contributed by atoms with Crippen molar-refractivity contribution in [1.29, 1.82) is 0 Å². The molecule has 1 amide bonds. The average Bonchev–Trinajstić information content (AvgIpc) is 2.54. The number of rotatable bonds is 5. The van der Waals surface area contributed by atoms with Gasteiger partial charge >= 0.3 is 0 Å². The molecule has 0 radical (unpaired) electrons. The van der Waals surface area contributed by atoms with Gasteiger partial charge in [0.2, 0.25) is 0 Å². The fourth-order valence-electron chi connectivity index (χ4n) is 2.07. The summed E-state index contributed by atoms with van der Waals surface area (Å²) >= 11 is 0. The molecule has 2 rings (SSSR count). The van der Waals surface area contributed by atoms with Crippen LogP contribution in [-0.4, -0.2) is 32.2 Å². The Balaban J connectivity index is 2.06. The Morgan fingerprint density at radius 1 is 1.00 bits per heavy atom. The third-order valence-corrected chi connectivity index (χ3v) is 3.38. The molecule has 0 aliphatic rings. The van der Waals surface area contributed by atoms with Gasteiger partial charge in [0.25, 0.3) is 5.91 Å². The first-order valence-electron chi connectivity index (χ1n) is 6.79. The number of carbonyl (C=O) groups is 1. The molecule has 0 aromatic heterocycles. The minimum absolute atomic E-state index is 0.158. The Bertz CT molecular complexity index is 581. The lowest BCUT2D eigenvalue weighted by Crippen LogP contribution is -2.25. The van der Waals surface area contributed by atoms with E-state index in [0.717, 1.165) is 12.2 Å². The zero-order valence-electron chi connectivity index (χ0n) is 12.6. The van der Waals surface area contributed by atoms with Crippen LogP contribution >= 0.6 is 0 Å². The maximum atomic E-state index is 11.9. The monoisotopic (exact) mass is 284 g/mol. The average molecular weight is 284 g/mol. The third kappa shape index (κ3) is 3.83. The molecule has 21 heavy (non-hydrogen) atoms. The van der Waals surface area contributed by atoms with Crippen LogP contribution in [0.5, 0.6) is 0 Å². The van der Waals surface area contributed by atoms with Crippen LogP contribution in [0.2, 0.25) is 0 Å². The van der Waals surface area contributed by atoms with E-state index >= 15 is 0 Å². The second kappa shape index (κ2) is 6.90. The lowest BCUT2D eigenvalue weighted by atomic mass is 10.1. The molecule has 4 nitrogen and oxygen atoms in total. The standard InChI is InChI=1S/C17H20N2O2/c1-18(13-14-7-5-4-6-8-14)16-11-9-15(10-12-16)17(20)19(2)21-3/h4-12H,13H2,1-3H3. The van der Waals surface area contributed by atoms with E-state index in [1.54, 1.807) is 7.05 Å². The Kier molecular flexibility index (Phi) is 4.95. The normalized spacial score (nSPS) is 10.2. The smallest absolute Gasteiger partial charge is 0.277 e. The molecule has 0 aliphatic heterocycles. The maximum Gasteiger partial charge on any atom is 0.277 e. The summed E-state index contributed by atoms with van der Waals surface area (Å²) in [6.07, 6.45) is 0. The Labute approximate surface area is 125 Å². The van der Waals surface area contributed by atoms with Gasteiger partial charge in [-0.25, -0.2) is 5.06 Å². The zero-order chi connectivity index (χ0) is 15.2. The highest BCUT2D eigenvalue weighted by atomic mass is 16.7. The molecule has 0 heterocycles. The van der Waals surface area contributed by atoms with Gasteiger partial charge in [0.15, 0.2) is 0 Å². The molecular formula is C17H20N2O2. The van der Waals surface area contributed by atoms with Crippen LogP contribution in [-0.2, 0) is 11.4 Å². The molecule has 0 N–H and O–H groups in total. The van der Waals surface area contributed by atoms with E-state index < -0.39 is 0 Å². The first kappa shape index (κ1) is 15.1. The Hall–Kier alpha value is -2.33. The van der Waals surface area contributed by atoms with Crippen molar-refractivity contribution in [3.8, 4) is 0 Å². The molecule has 0 saturated carbocycles. The molecule has 4 heteroatoms. The first-order chi connectivity index (χ1) is 10.1. The van der Waals surface area contributed by atoms with E-state index in [4.69, 9.17) is 4.84 Å². The number of amides is 1. The van der Waals surface area contributed by atoms with Crippen molar-refractivity contribution in [2.24, 2.45) is 0 Å². The number of hydrogen-bond acceptors (Lipinski definition) is 3. The van der Waals surface area contributed by atoms with Crippen molar-refractivity contribution in [1.82, 2.24) is 5.06 Å². The number of hydrogen-bond donors (Lipinski definition) is 0. The third-order valence-electron chi connectivity index (χ3n) is 3.38. The molecule has 0 atom stereocenters. The quantitative estimate of drug-likeness (QED) is 0.791.